The predicted molar refractivity (Wildman–Crippen MR) is 85.4 cm³/mol. The number of likely N-dealkylation sites (tertiary alicyclic amines) is 1. The third-order valence-electron chi connectivity index (χ3n) is 3.88. The fourth-order valence-electron chi connectivity index (χ4n) is 2.64. The van der Waals surface area contributed by atoms with Crippen molar-refractivity contribution in [1.82, 2.24) is 15.5 Å². The lowest BCUT2D eigenvalue weighted by molar-refractivity contribution is -0.132. The second-order valence-corrected chi connectivity index (χ2v) is 5.67. The lowest BCUT2D eigenvalue weighted by atomic mass is 9.95. The number of carbonyl (C=O) groups is 3. The second kappa shape index (κ2) is 7.73. The molecule has 0 unspecified atom stereocenters. The van der Waals surface area contributed by atoms with Gasteiger partial charge in [-0.2, -0.15) is 0 Å². The summed E-state index contributed by atoms with van der Waals surface area (Å²) in [6, 6.07) is 9.75. The highest BCUT2D eigenvalue weighted by atomic mass is 16.2. The number of amides is 3. The van der Waals surface area contributed by atoms with Gasteiger partial charge in [-0.3, -0.25) is 14.4 Å². The molecule has 7 heteroatoms. The molecule has 1 aromatic rings. The standard InChI is InChI=1S/C16H22N4O3/c1-11(21)18-7-15(22)19-8-16(23)20-9-13(14(17)10-20)12-5-3-2-4-6-12/h2-6,13-14H,7-10,17H2,1H3,(H,18,21)(H,19,22)/t13-,14+/m0/s1. The largest absolute Gasteiger partial charge is 0.347 e. The zero-order valence-corrected chi connectivity index (χ0v) is 13.1. The van der Waals surface area contributed by atoms with E-state index in [0.29, 0.717) is 13.1 Å². The smallest absolute Gasteiger partial charge is 0.242 e. The molecule has 0 aliphatic carbocycles. The van der Waals surface area contributed by atoms with Crippen molar-refractivity contribution in [1.29, 1.82) is 0 Å². The molecule has 0 saturated carbocycles. The Morgan fingerprint density at radius 2 is 1.83 bits per heavy atom. The summed E-state index contributed by atoms with van der Waals surface area (Å²) in [7, 11) is 0. The first-order chi connectivity index (χ1) is 11.0. The molecule has 23 heavy (non-hydrogen) atoms. The van der Waals surface area contributed by atoms with E-state index in [1.54, 1.807) is 4.90 Å². The summed E-state index contributed by atoms with van der Waals surface area (Å²) < 4.78 is 0. The van der Waals surface area contributed by atoms with Crippen molar-refractivity contribution in [3.05, 3.63) is 35.9 Å². The average molecular weight is 318 g/mol. The van der Waals surface area contributed by atoms with E-state index in [9.17, 15) is 14.4 Å². The van der Waals surface area contributed by atoms with E-state index < -0.39 is 5.91 Å². The van der Waals surface area contributed by atoms with Crippen LogP contribution in [0.2, 0.25) is 0 Å². The van der Waals surface area contributed by atoms with Crippen LogP contribution in [0.5, 0.6) is 0 Å². The Morgan fingerprint density at radius 3 is 2.48 bits per heavy atom. The number of nitrogens with zero attached hydrogens (tertiary/aromatic N) is 1. The van der Waals surface area contributed by atoms with Crippen LogP contribution in [0.25, 0.3) is 0 Å². The third kappa shape index (κ3) is 4.79. The fourth-order valence-corrected chi connectivity index (χ4v) is 2.64. The van der Waals surface area contributed by atoms with Gasteiger partial charge in [-0.15, -0.1) is 0 Å². The van der Waals surface area contributed by atoms with Crippen molar-refractivity contribution >= 4 is 17.7 Å². The van der Waals surface area contributed by atoms with Gasteiger partial charge in [0.05, 0.1) is 13.1 Å². The van der Waals surface area contributed by atoms with Crippen molar-refractivity contribution in [3.8, 4) is 0 Å². The summed E-state index contributed by atoms with van der Waals surface area (Å²) in [5.74, 6) is -0.746. The van der Waals surface area contributed by atoms with E-state index in [1.807, 2.05) is 30.3 Å². The minimum Gasteiger partial charge on any atom is -0.347 e. The van der Waals surface area contributed by atoms with E-state index in [1.165, 1.54) is 6.92 Å². The maximum absolute atomic E-state index is 12.2. The first-order valence-electron chi connectivity index (χ1n) is 7.57. The molecular formula is C16H22N4O3. The number of nitrogens with one attached hydrogen (secondary N) is 2. The van der Waals surface area contributed by atoms with E-state index in [-0.39, 0.29) is 36.9 Å². The van der Waals surface area contributed by atoms with Gasteiger partial charge in [-0.1, -0.05) is 30.3 Å². The fraction of sp³-hybridized carbons (Fsp3) is 0.438. The molecule has 0 bridgehead atoms. The molecule has 2 rings (SSSR count). The molecule has 0 aromatic heterocycles. The molecule has 1 aliphatic rings. The minimum absolute atomic E-state index is 0.0906. The van der Waals surface area contributed by atoms with E-state index in [2.05, 4.69) is 10.6 Å². The van der Waals surface area contributed by atoms with Gasteiger partial charge in [-0.05, 0) is 5.56 Å². The zero-order valence-electron chi connectivity index (χ0n) is 13.1. The highest BCUT2D eigenvalue weighted by Gasteiger charge is 2.33. The predicted octanol–water partition coefficient (Wildman–Crippen LogP) is -0.808. The van der Waals surface area contributed by atoms with Gasteiger partial charge in [0.2, 0.25) is 17.7 Å². The van der Waals surface area contributed by atoms with E-state index in [4.69, 9.17) is 5.73 Å². The molecule has 1 aliphatic heterocycles. The Kier molecular flexibility index (Phi) is 5.70. The van der Waals surface area contributed by atoms with Gasteiger partial charge in [0.15, 0.2) is 0 Å². The molecule has 0 radical (unpaired) electrons. The first kappa shape index (κ1) is 17.0. The summed E-state index contributed by atoms with van der Waals surface area (Å²) in [5, 5.41) is 4.88. The monoisotopic (exact) mass is 318 g/mol. The molecule has 4 N–H and O–H groups in total. The summed E-state index contributed by atoms with van der Waals surface area (Å²) in [5.41, 5.74) is 7.26. The van der Waals surface area contributed by atoms with Gasteiger partial charge in [0.25, 0.3) is 0 Å². The summed E-state index contributed by atoms with van der Waals surface area (Å²) in [4.78, 5) is 36.1. The van der Waals surface area contributed by atoms with Crippen molar-refractivity contribution < 1.29 is 14.4 Å². The SMILES string of the molecule is CC(=O)NCC(=O)NCC(=O)N1C[C@@H](N)[C@H](c2ccccc2)C1. The Morgan fingerprint density at radius 1 is 1.13 bits per heavy atom. The molecule has 124 valence electrons. The highest BCUT2D eigenvalue weighted by molar-refractivity contribution is 5.87. The molecule has 1 fully saturated rings. The molecule has 1 heterocycles. The van der Waals surface area contributed by atoms with Crippen LogP contribution in [0.4, 0.5) is 0 Å². The average Bonchev–Trinajstić information content (AvgIpc) is 2.93. The molecule has 1 saturated heterocycles. The van der Waals surface area contributed by atoms with Crippen molar-refractivity contribution in [2.75, 3.05) is 26.2 Å². The molecular weight excluding hydrogens is 296 g/mol. The summed E-state index contributed by atoms with van der Waals surface area (Å²) in [6.45, 7) is 2.13. The van der Waals surface area contributed by atoms with E-state index in [0.717, 1.165) is 5.56 Å². The van der Waals surface area contributed by atoms with Crippen molar-refractivity contribution in [3.63, 3.8) is 0 Å². The maximum atomic E-state index is 12.2. The van der Waals surface area contributed by atoms with Gasteiger partial charge < -0.3 is 21.3 Å². The van der Waals surface area contributed by atoms with E-state index >= 15 is 0 Å². The van der Waals surface area contributed by atoms with Gasteiger partial charge >= 0.3 is 0 Å². The Balaban J connectivity index is 1.82. The molecule has 3 amide bonds. The van der Waals surface area contributed by atoms with Crippen molar-refractivity contribution in [2.24, 2.45) is 5.73 Å². The minimum atomic E-state index is -0.392. The lowest BCUT2D eigenvalue weighted by Crippen LogP contribution is -2.43. The maximum Gasteiger partial charge on any atom is 0.242 e. The number of rotatable bonds is 5. The Bertz CT molecular complexity index is 576. The summed E-state index contributed by atoms with van der Waals surface area (Å²) >= 11 is 0. The lowest BCUT2D eigenvalue weighted by Gasteiger charge is -2.17. The van der Waals surface area contributed by atoms with Crippen LogP contribution in [0.3, 0.4) is 0 Å². The third-order valence-corrected chi connectivity index (χ3v) is 3.88. The van der Waals surface area contributed by atoms with Crippen LogP contribution in [0.1, 0.15) is 18.4 Å². The molecule has 7 nitrogen and oxygen atoms in total. The number of nitrogens with two attached hydrogens (primary N) is 1. The van der Waals surface area contributed by atoms with Crippen LogP contribution in [-0.4, -0.2) is 54.8 Å². The number of hydrogen-bond donors (Lipinski definition) is 3. The first-order valence-corrected chi connectivity index (χ1v) is 7.57. The Hall–Kier alpha value is -2.41. The normalized spacial score (nSPS) is 20.2. The van der Waals surface area contributed by atoms with Gasteiger partial charge in [-0.25, -0.2) is 0 Å². The van der Waals surface area contributed by atoms with Crippen LogP contribution in [0, 0.1) is 0 Å². The molecule has 1 aromatic carbocycles. The quantitative estimate of drug-likeness (QED) is 0.660. The molecule has 2 atom stereocenters. The van der Waals surface area contributed by atoms with Gasteiger partial charge in [0.1, 0.15) is 0 Å². The van der Waals surface area contributed by atoms with Crippen LogP contribution >= 0.6 is 0 Å². The van der Waals surface area contributed by atoms with Crippen LogP contribution < -0.4 is 16.4 Å². The topological polar surface area (TPSA) is 105 Å². The highest BCUT2D eigenvalue weighted by Crippen LogP contribution is 2.26. The van der Waals surface area contributed by atoms with Crippen LogP contribution in [-0.2, 0) is 14.4 Å². The van der Waals surface area contributed by atoms with Crippen LogP contribution in [0.15, 0.2) is 30.3 Å². The number of benzene rings is 1. The Labute approximate surface area is 135 Å². The summed E-state index contributed by atoms with van der Waals surface area (Å²) in [6.07, 6.45) is 0. The number of hydrogen-bond acceptors (Lipinski definition) is 4. The second-order valence-electron chi connectivity index (χ2n) is 5.67. The molecule has 0 spiro atoms. The zero-order chi connectivity index (χ0) is 16.8. The van der Waals surface area contributed by atoms with Crippen molar-refractivity contribution in [2.45, 2.75) is 18.9 Å². The van der Waals surface area contributed by atoms with Gasteiger partial charge in [0, 0.05) is 32.0 Å². The number of carbonyl (C=O) groups excluding carboxylic acids is 3.